The van der Waals surface area contributed by atoms with Gasteiger partial charge in [0.2, 0.25) is 0 Å². The molecule has 1 aromatic carbocycles. The Bertz CT molecular complexity index is 705. The van der Waals surface area contributed by atoms with Crippen molar-refractivity contribution in [3.05, 3.63) is 35.1 Å². The Balaban J connectivity index is 1.78. The first-order valence-electron chi connectivity index (χ1n) is 9.04. The lowest BCUT2D eigenvalue weighted by molar-refractivity contribution is -0.178. The number of carbonyl (C=O) groups excluding carboxylic acids is 3. The SMILES string of the molecule is COC(=O)c1ccc(CCC2(C3CCCC3)CC(=O)CC(=O)O2)cc1F. The van der Waals surface area contributed by atoms with Crippen molar-refractivity contribution < 1.29 is 28.2 Å². The van der Waals surface area contributed by atoms with E-state index in [2.05, 4.69) is 4.74 Å². The molecule has 0 aromatic heterocycles. The second-order valence-electron chi connectivity index (χ2n) is 7.22. The fourth-order valence-electron chi connectivity index (χ4n) is 4.22. The number of halogens is 1. The Morgan fingerprint density at radius 1 is 1.31 bits per heavy atom. The standard InChI is InChI=1S/C20H23FO5/c1-25-19(24)16-7-6-13(10-17(16)21)8-9-20(14-4-2-3-5-14)12-15(22)11-18(23)26-20/h6-7,10,14H,2-5,8-9,11-12H2,1H3. The molecule has 1 aromatic rings. The van der Waals surface area contributed by atoms with E-state index in [9.17, 15) is 18.8 Å². The lowest BCUT2D eigenvalue weighted by Gasteiger charge is -2.41. The number of cyclic esters (lactones) is 1. The van der Waals surface area contributed by atoms with Crippen molar-refractivity contribution in [2.75, 3.05) is 7.11 Å². The van der Waals surface area contributed by atoms with Crippen LogP contribution in [0, 0.1) is 11.7 Å². The molecule has 1 saturated heterocycles. The van der Waals surface area contributed by atoms with Crippen molar-refractivity contribution in [1.82, 2.24) is 0 Å². The molecule has 0 bridgehead atoms. The maximum absolute atomic E-state index is 14.1. The molecule has 26 heavy (non-hydrogen) atoms. The molecule has 0 spiro atoms. The molecule has 1 aliphatic carbocycles. The molecule has 0 N–H and O–H groups in total. The molecule has 1 saturated carbocycles. The highest BCUT2D eigenvalue weighted by atomic mass is 19.1. The van der Waals surface area contributed by atoms with E-state index in [4.69, 9.17) is 4.74 Å². The van der Waals surface area contributed by atoms with Crippen LogP contribution < -0.4 is 0 Å². The average Bonchev–Trinajstić information content (AvgIpc) is 3.14. The second kappa shape index (κ2) is 7.56. The van der Waals surface area contributed by atoms with Gasteiger partial charge in [0.05, 0.1) is 12.7 Å². The first-order chi connectivity index (χ1) is 12.4. The molecule has 1 atom stereocenters. The van der Waals surface area contributed by atoms with Crippen molar-refractivity contribution in [2.45, 2.75) is 57.0 Å². The number of aryl methyl sites for hydroxylation is 1. The van der Waals surface area contributed by atoms with Crippen LogP contribution in [0.4, 0.5) is 4.39 Å². The molecule has 5 nitrogen and oxygen atoms in total. The molecule has 2 aliphatic rings. The third kappa shape index (κ3) is 3.79. The summed E-state index contributed by atoms with van der Waals surface area (Å²) >= 11 is 0. The normalized spacial score (nSPS) is 23.8. The van der Waals surface area contributed by atoms with E-state index >= 15 is 0 Å². The van der Waals surface area contributed by atoms with Crippen LogP contribution >= 0.6 is 0 Å². The van der Waals surface area contributed by atoms with E-state index in [1.807, 2.05) is 0 Å². The zero-order chi connectivity index (χ0) is 18.7. The molecule has 1 unspecified atom stereocenters. The molecule has 0 radical (unpaired) electrons. The Kier molecular flexibility index (Phi) is 5.39. The number of hydrogen-bond donors (Lipinski definition) is 0. The smallest absolute Gasteiger partial charge is 0.340 e. The lowest BCUT2D eigenvalue weighted by atomic mass is 9.76. The minimum absolute atomic E-state index is 0.0830. The Morgan fingerprint density at radius 3 is 2.65 bits per heavy atom. The molecule has 0 amide bonds. The summed E-state index contributed by atoms with van der Waals surface area (Å²) in [5.41, 5.74) is -0.192. The van der Waals surface area contributed by atoms with Crippen molar-refractivity contribution in [1.29, 1.82) is 0 Å². The van der Waals surface area contributed by atoms with Gasteiger partial charge >= 0.3 is 11.9 Å². The molecule has 3 rings (SSSR count). The molecule has 140 valence electrons. The summed E-state index contributed by atoms with van der Waals surface area (Å²) in [4.78, 5) is 35.5. The monoisotopic (exact) mass is 362 g/mol. The number of hydrogen-bond acceptors (Lipinski definition) is 5. The van der Waals surface area contributed by atoms with E-state index in [0.717, 1.165) is 25.7 Å². The van der Waals surface area contributed by atoms with E-state index < -0.39 is 23.4 Å². The van der Waals surface area contributed by atoms with E-state index in [1.165, 1.54) is 19.2 Å². The van der Waals surface area contributed by atoms with Crippen LogP contribution in [0.1, 0.15) is 60.9 Å². The number of carbonyl (C=O) groups is 3. The molecular weight excluding hydrogens is 339 g/mol. The Morgan fingerprint density at radius 2 is 2.04 bits per heavy atom. The molecule has 1 heterocycles. The summed E-state index contributed by atoms with van der Waals surface area (Å²) in [6.07, 6.45) is 5.05. The van der Waals surface area contributed by atoms with Crippen LogP contribution in [0.3, 0.4) is 0 Å². The van der Waals surface area contributed by atoms with Gasteiger partial charge in [0, 0.05) is 6.42 Å². The fraction of sp³-hybridized carbons (Fsp3) is 0.550. The summed E-state index contributed by atoms with van der Waals surface area (Å²) in [6, 6.07) is 4.38. The number of rotatable bonds is 5. The van der Waals surface area contributed by atoms with Crippen molar-refractivity contribution in [3.8, 4) is 0 Å². The summed E-state index contributed by atoms with van der Waals surface area (Å²) in [5.74, 6) is -1.72. The van der Waals surface area contributed by atoms with Crippen LogP contribution in [-0.4, -0.2) is 30.4 Å². The summed E-state index contributed by atoms with van der Waals surface area (Å²) in [7, 11) is 1.20. The van der Waals surface area contributed by atoms with Gasteiger partial charge in [-0.05, 0) is 49.3 Å². The zero-order valence-corrected chi connectivity index (χ0v) is 14.9. The molecule has 6 heteroatoms. The van der Waals surface area contributed by atoms with Crippen molar-refractivity contribution >= 4 is 17.7 Å². The predicted molar refractivity (Wildman–Crippen MR) is 91.1 cm³/mol. The van der Waals surface area contributed by atoms with Gasteiger partial charge in [-0.2, -0.15) is 0 Å². The van der Waals surface area contributed by atoms with Gasteiger partial charge in [-0.25, -0.2) is 9.18 Å². The number of ketones is 1. The van der Waals surface area contributed by atoms with Crippen LogP contribution in [0.2, 0.25) is 0 Å². The largest absolute Gasteiger partial charge is 0.465 e. The molecule has 2 fully saturated rings. The van der Waals surface area contributed by atoms with Crippen molar-refractivity contribution in [2.24, 2.45) is 5.92 Å². The van der Waals surface area contributed by atoms with Gasteiger partial charge in [0.1, 0.15) is 23.6 Å². The van der Waals surface area contributed by atoms with Gasteiger partial charge in [-0.15, -0.1) is 0 Å². The number of esters is 2. The highest BCUT2D eigenvalue weighted by Gasteiger charge is 2.47. The van der Waals surface area contributed by atoms with Gasteiger partial charge in [0.25, 0.3) is 0 Å². The first-order valence-corrected chi connectivity index (χ1v) is 9.04. The number of Topliss-reactive ketones (excluding diaryl/α,β-unsaturated/α-hetero) is 1. The van der Waals surface area contributed by atoms with Crippen LogP contribution in [0.25, 0.3) is 0 Å². The van der Waals surface area contributed by atoms with E-state index in [1.54, 1.807) is 6.07 Å². The second-order valence-corrected chi connectivity index (χ2v) is 7.22. The highest BCUT2D eigenvalue weighted by molar-refractivity contribution is 5.98. The Labute approximate surface area is 151 Å². The average molecular weight is 362 g/mol. The van der Waals surface area contributed by atoms with Crippen LogP contribution in [0.5, 0.6) is 0 Å². The zero-order valence-electron chi connectivity index (χ0n) is 14.9. The number of benzene rings is 1. The maximum atomic E-state index is 14.1. The van der Waals surface area contributed by atoms with Crippen molar-refractivity contribution in [3.63, 3.8) is 0 Å². The number of ether oxygens (including phenoxy) is 2. The highest BCUT2D eigenvalue weighted by Crippen LogP contribution is 2.43. The topological polar surface area (TPSA) is 69.7 Å². The minimum atomic E-state index is -0.777. The quantitative estimate of drug-likeness (QED) is 0.593. The summed E-state index contributed by atoms with van der Waals surface area (Å²) in [6.45, 7) is 0. The number of methoxy groups -OCH3 is 1. The summed E-state index contributed by atoms with van der Waals surface area (Å²) in [5, 5.41) is 0. The third-order valence-electron chi connectivity index (χ3n) is 5.53. The van der Waals surface area contributed by atoms with Gasteiger partial charge < -0.3 is 9.47 Å². The van der Waals surface area contributed by atoms with Crippen LogP contribution in [0.15, 0.2) is 18.2 Å². The van der Waals surface area contributed by atoms with E-state index in [-0.39, 0.29) is 30.1 Å². The third-order valence-corrected chi connectivity index (χ3v) is 5.53. The first kappa shape index (κ1) is 18.5. The van der Waals surface area contributed by atoms with Gasteiger partial charge in [0.15, 0.2) is 0 Å². The summed E-state index contributed by atoms with van der Waals surface area (Å²) < 4.78 is 24.4. The molecule has 1 aliphatic heterocycles. The molecular formula is C20H23FO5. The predicted octanol–water partition coefficient (Wildman–Crippen LogP) is 3.38. The lowest BCUT2D eigenvalue weighted by Crippen LogP contribution is -2.48. The fourth-order valence-corrected chi connectivity index (χ4v) is 4.22. The maximum Gasteiger partial charge on any atom is 0.340 e. The minimum Gasteiger partial charge on any atom is -0.465 e. The Hall–Kier alpha value is -2.24. The van der Waals surface area contributed by atoms with E-state index in [0.29, 0.717) is 18.4 Å². The van der Waals surface area contributed by atoms with Gasteiger partial charge in [-0.1, -0.05) is 18.9 Å². The van der Waals surface area contributed by atoms with Gasteiger partial charge in [-0.3, -0.25) is 9.59 Å². The van der Waals surface area contributed by atoms with Crippen LogP contribution in [-0.2, 0) is 25.5 Å².